The van der Waals surface area contributed by atoms with Gasteiger partial charge in [0.05, 0.1) is 0 Å². The summed E-state index contributed by atoms with van der Waals surface area (Å²) in [5, 5.41) is 3.69. The summed E-state index contributed by atoms with van der Waals surface area (Å²) in [5.74, 6) is 3.63. The van der Waals surface area contributed by atoms with Gasteiger partial charge in [-0.2, -0.15) is 11.8 Å². The highest BCUT2D eigenvalue weighted by Gasteiger charge is 2.19. The van der Waals surface area contributed by atoms with Crippen LogP contribution in [0, 0.1) is 5.92 Å². The molecule has 106 valence electrons. The molecular formula is C17H27NS. The zero-order valence-electron chi connectivity index (χ0n) is 12.3. The van der Waals surface area contributed by atoms with E-state index >= 15 is 0 Å². The molecule has 2 rings (SSSR count). The van der Waals surface area contributed by atoms with Crippen molar-refractivity contribution >= 4 is 11.8 Å². The van der Waals surface area contributed by atoms with Crippen LogP contribution >= 0.6 is 11.8 Å². The first kappa shape index (κ1) is 14.9. The Kier molecular flexibility index (Phi) is 6.25. The van der Waals surface area contributed by atoms with Crippen LogP contribution in [-0.2, 0) is 6.42 Å². The Hall–Kier alpha value is -0.470. The third-order valence-corrected chi connectivity index (χ3v) is 5.17. The first-order valence-electron chi connectivity index (χ1n) is 7.73. The van der Waals surface area contributed by atoms with Crippen molar-refractivity contribution in [1.29, 1.82) is 0 Å². The molecule has 1 aromatic carbocycles. The van der Waals surface area contributed by atoms with Gasteiger partial charge < -0.3 is 5.32 Å². The Morgan fingerprint density at radius 2 is 2.05 bits per heavy atom. The normalized spacial score (nSPS) is 18.4. The van der Waals surface area contributed by atoms with E-state index in [1.165, 1.54) is 41.9 Å². The van der Waals surface area contributed by atoms with Crippen molar-refractivity contribution in [2.45, 2.75) is 45.6 Å². The molecule has 1 aliphatic heterocycles. The average Bonchev–Trinajstić information content (AvgIpc) is 2.48. The lowest BCUT2D eigenvalue weighted by Gasteiger charge is -2.27. The van der Waals surface area contributed by atoms with Crippen LogP contribution in [0.2, 0.25) is 0 Å². The van der Waals surface area contributed by atoms with Crippen molar-refractivity contribution < 1.29 is 0 Å². The van der Waals surface area contributed by atoms with E-state index in [9.17, 15) is 0 Å². The Balaban J connectivity index is 2.04. The summed E-state index contributed by atoms with van der Waals surface area (Å²) in [6, 6.07) is 9.69. The predicted octanol–water partition coefficient (Wildman–Crippen LogP) is 4.43. The summed E-state index contributed by atoms with van der Waals surface area (Å²) in [6.45, 7) is 5.51. The number of benzene rings is 1. The van der Waals surface area contributed by atoms with Gasteiger partial charge in [-0.3, -0.25) is 0 Å². The molecule has 0 aliphatic carbocycles. The van der Waals surface area contributed by atoms with Gasteiger partial charge >= 0.3 is 0 Å². The molecule has 1 aromatic rings. The van der Waals surface area contributed by atoms with Gasteiger partial charge in [0, 0.05) is 6.04 Å². The molecule has 0 bridgehead atoms. The second kappa shape index (κ2) is 7.96. The van der Waals surface area contributed by atoms with Gasteiger partial charge in [0.1, 0.15) is 0 Å². The largest absolute Gasteiger partial charge is 0.310 e. The molecular weight excluding hydrogens is 250 g/mol. The Labute approximate surface area is 122 Å². The molecule has 0 aromatic heterocycles. The fraction of sp³-hybridized carbons (Fsp3) is 0.647. The number of thioether (sulfide) groups is 1. The molecule has 1 saturated heterocycles. The lowest BCUT2D eigenvalue weighted by atomic mass is 9.90. The van der Waals surface area contributed by atoms with Crippen LogP contribution in [0.4, 0.5) is 0 Å². The van der Waals surface area contributed by atoms with E-state index in [2.05, 4.69) is 55.2 Å². The lowest BCUT2D eigenvalue weighted by Crippen LogP contribution is -2.25. The van der Waals surface area contributed by atoms with Gasteiger partial charge in [-0.1, -0.05) is 38.1 Å². The minimum absolute atomic E-state index is 0.546. The van der Waals surface area contributed by atoms with Gasteiger partial charge in [-0.25, -0.2) is 0 Å². The van der Waals surface area contributed by atoms with Crippen LogP contribution < -0.4 is 5.32 Å². The molecule has 1 unspecified atom stereocenters. The second-order valence-corrected chi connectivity index (χ2v) is 6.73. The quantitative estimate of drug-likeness (QED) is 0.825. The molecule has 0 amide bonds. The van der Waals surface area contributed by atoms with Crippen molar-refractivity contribution in [3.63, 3.8) is 0 Å². The number of nitrogens with one attached hydrogen (secondary N) is 1. The van der Waals surface area contributed by atoms with E-state index < -0.39 is 0 Å². The Bertz CT molecular complexity index is 371. The SMILES string of the molecule is CCNC(CC1CCSCC1)c1cccc(CC)c1. The summed E-state index contributed by atoms with van der Waals surface area (Å²) in [4.78, 5) is 0. The van der Waals surface area contributed by atoms with E-state index in [1.807, 2.05) is 0 Å². The first-order chi connectivity index (χ1) is 9.33. The zero-order chi connectivity index (χ0) is 13.5. The zero-order valence-corrected chi connectivity index (χ0v) is 13.1. The van der Waals surface area contributed by atoms with Gasteiger partial charge in [0.2, 0.25) is 0 Å². The van der Waals surface area contributed by atoms with Crippen molar-refractivity contribution in [2.24, 2.45) is 5.92 Å². The number of rotatable bonds is 6. The van der Waals surface area contributed by atoms with Crippen molar-refractivity contribution in [3.8, 4) is 0 Å². The molecule has 0 radical (unpaired) electrons. The fourth-order valence-electron chi connectivity index (χ4n) is 2.93. The standard InChI is InChI=1S/C17H27NS/c1-3-14-6-5-7-16(12-14)17(18-4-2)13-15-8-10-19-11-9-15/h5-7,12,15,17-18H,3-4,8-11,13H2,1-2H3. The maximum Gasteiger partial charge on any atom is 0.0322 e. The highest BCUT2D eigenvalue weighted by atomic mass is 32.2. The molecule has 19 heavy (non-hydrogen) atoms. The van der Waals surface area contributed by atoms with Gasteiger partial charge in [0.25, 0.3) is 0 Å². The van der Waals surface area contributed by atoms with E-state index in [-0.39, 0.29) is 0 Å². The highest BCUT2D eigenvalue weighted by Crippen LogP contribution is 2.31. The van der Waals surface area contributed by atoms with E-state index in [0.29, 0.717) is 6.04 Å². The van der Waals surface area contributed by atoms with Crippen molar-refractivity contribution in [1.82, 2.24) is 5.32 Å². The Morgan fingerprint density at radius 1 is 1.26 bits per heavy atom. The van der Waals surface area contributed by atoms with Crippen LogP contribution in [0.3, 0.4) is 0 Å². The predicted molar refractivity (Wildman–Crippen MR) is 86.9 cm³/mol. The number of hydrogen-bond acceptors (Lipinski definition) is 2. The summed E-state index contributed by atoms with van der Waals surface area (Å²) < 4.78 is 0. The van der Waals surface area contributed by atoms with Crippen LogP contribution in [0.5, 0.6) is 0 Å². The van der Waals surface area contributed by atoms with Crippen LogP contribution in [0.15, 0.2) is 24.3 Å². The van der Waals surface area contributed by atoms with E-state index in [0.717, 1.165) is 18.9 Å². The molecule has 1 atom stereocenters. The lowest BCUT2D eigenvalue weighted by molar-refractivity contribution is 0.374. The number of hydrogen-bond donors (Lipinski definition) is 1. The topological polar surface area (TPSA) is 12.0 Å². The Morgan fingerprint density at radius 3 is 2.74 bits per heavy atom. The molecule has 2 heteroatoms. The minimum Gasteiger partial charge on any atom is -0.310 e. The van der Waals surface area contributed by atoms with Gasteiger partial charge in [-0.05, 0) is 60.8 Å². The maximum absolute atomic E-state index is 3.69. The van der Waals surface area contributed by atoms with E-state index in [4.69, 9.17) is 0 Å². The molecule has 1 N–H and O–H groups in total. The molecule has 1 aliphatic rings. The summed E-state index contributed by atoms with van der Waals surface area (Å²) >= 11 is 2.12. The smallest absolute Gasteiger partial charge is 0.0322 e. The van der Waals surface area contributed by atoms with Crippen LogP contribution in [0.25, 0.3) is 0 Å². The van der Waals surface area contributed by atoms with E-state index in [1.54, 1.807) is 0 Å². The maximum atomic E-state index is 3.69. The molecule has 1 heterocycles. The average molecular weight is 277 g/mol. The van der Waals surface area contributed by atoms with Crippen LogP contribution in [0.1, 0.15) is 50.3 Å². The fourth-order valence-corrected chi connectivity index (χ4v) is 4.13. The summed E-state index contributed by atoms with van der Waals surface area (Å²) in [7, 11) is 0. The van der Waals surface area contributed by atoms with Crippen molar-refractivity contribution in [2.75, 3.05) is 18.1 Å². The highest BCUT2D eigenvalue weighted by molar-refractivity contribution is 7.99. The molecule has 0 saturated carbocycles. The second-order valence-electron chi connectivity index (χ2n) is 5.50. The third-order valence-electron chi connectivity index (χ3n) is 4.12. The first-order valence-corrected chi connectivity index (χ1v) is 8.89. The molecule has 0 spiro atoms. The minimum atomic E-state index is 0.546. The van der Waals surface area contributed by atoms with Gasteiger partial charge in [0.15, 0.2) is 0 Å². The molecule has 1 fully saturated rings. The number of aryl methyl sites for hydroxylation is 1. The summed E-state index contributed by atoms with van der Waals surface area (Å²) in [5.41, 5.74) is 2.94. The summed E-state index contributed by atoms with van der Waals surface area (Å²) in [6.07, 6.45) is 5.24. The third kappa shape index (κ3) is 4.54. The molecule has 1 nitrogen and oxygen atoms in total. The monoisotopic (exact) mass is 277 g/mol. The van der Waals surface area contributed by atoms with Gasteiger partial charge in [-0.15, -0.1) is 0 Å². The van der Waals surface area contributed by atoms with Crippen molar-refractivity contribution in [3.05, 3.63) is 35.4 Å². The van der Waals surface area contributed by atoms with Crippen LogP contribution in [-0.4, -0.2) is 18.1 Å².